The van der Waals surface area contributed by atoms with Gasteiger partial charge in [-0.25, -0.2) is 15.0 Å². The summed E-state index contributed by atoms with van der Waals surface area (Å²) in [5.41, 5.74) is 4.80. The van der Waals surface area contributed by atoms with Crippen molar-refractivity contribution in [3.63, 3.8) is 0 Å². The number of nitrogens with one attached hydrogen (secondary N) is 2. The number of hydrogen-bond donors (Lipinski definition) is 3. The molecule has 0 aliphatic carbocycles. The molecule has 0 fully saturated rings. The van der Waals surface area contributed by atoms with E-state index < -0.39 is 18.2 Å². The number of aliphatic hydroxyl groups is 1. The van der Waals surface area contributed by atoms with Crippen LogP contribution in [0.1, 0.15) is 6.92 Å². The highest BCUT2D eigenvalue weighted by atomic mass is 16.5. The minimum Gasteiger partial charge on any atom is -0.460 e. The third-order valence-corrected chi connectivity index (χ3v) is 1.47. The first-order chi connectivity index (χ1) is 7.47. The van der Waals surface area contributed by atoms with E-state index in [1.165, 1.54) is 14.0 Å². The van der Waals surface area contributed by atoms with E-state index in [0.29, 0.717) is 0 Å². The van der Waals surface area contributed by atoms with Crippen LogP contribution in [0.5, 0.6) is 0 Å². The van der Waals surface area contributed by atoms with Crippen molar-refractivity contribution in [1.82, 2.24) is 10.9 Å². The summed E-state index contributed by atoms with van der Waals surface area (Å²) in [6, 6.07) is 0. The van der Waals surface area contributed by atoms with Gasteiger partial charge < -0.3 is 14.6 Å². The molecule has 0 rings (SSSR count). The monoisotopic (exact) mass is 232 g/mol. The van der Waals surface area contributed by atoms with Crippen LogP contribution in [0.2, 0.25) is 0 Å². The van der Waals surface area contributed by atoms with Crippen molar-refractivity contribution < 1.29 is 24.2 Å². The lowest BCUT2D eigenvalue weighted by Gasteiger charge is -2.12. The van der Waals surface area contributed by atoms with Crippen molar-refractivity contribution >= 4 is 12.1 Å². The second-order valence-corrected chi connectivity index (χ2v) is 3.03. The molecule has 1 amide bonds. The fourth-order valence-electron chi connectivity index (χ4n) is 0.646. The van der Waals surface area contributed by atoms with Crippen LogP contribution in [0.25, 0.3) is 0 Å². The maximum atomic E-state index is 10.9. The van der Waals surface area contributed by atoms with E-state index in [0.717, 1.165) is 0 Å². The molecule has 7 nitrogen and oxygen atoms in total. The normalized spacial score (nSPS) is 11.4. The Kier molecular flexibility index (Phi) is 6.89. The lowest BCUT2D eigenvalue weighted by molar-refractivity contribution is -0.141. The van der Waals surface area contributed by atoms with Crippen molar-refractivity contribution in [2.24, 2.45) is 0 Å². The molecule has 1 atom stereocenters. The molecule has 0 radical (unpaired) electrons. The van der Waals surface area contributed by atoms with Crippen LogP contribution in [0.15, 0.2) is 12.2 Å². The number of amides is 1. The van der Waals surface area contributed by atoms with E-state index in [2.05, 4.69) is 26.9 Å². The van der Waals surface area contributed by atoms with E-state index in [1.807, 2.05) is 0 Å². The van der Waals surface area contributed by atoms with Gasteiger partial charge in [0.1, 0.15) is 12.7 Å². The van der Waals surface area contributed by atoms with Gasteiger partial charge in [-0.15, -0.1) is 0 Å². The van der Waals surface area contributed by atoms with E-state index >= 15 is 0 Å². The Hall–Kier alpha value is -1.60. The number of rotatable bonds is 6. The molecular weight excluding hydrogens is 216 g/mol. The lowest BCUT2D eigenvalue weighted by atomic mass is 10.3. The first-order valence-corrected chi connectivity index (χ1v) is 4.55. The summed E-state index contributed by atoms with van der Waals surface area (Å²) in [5, 5.41) is 9.30. The molecule has 0 bridgehead atoms. The number of carbonyl (C=O) groups is 2. The number of carbonyl (C=O) groups excluding carboxylic acids is 2. The zero-order chi connectivity index (χ0) is 12.6. The minimum absolute atomic E-state index is 0.0264. The zero-order valence-electron chi connectivity index (χ0n) is 9.28. The van der Waals surface area contributed by atoms with E-state index in [-0.39, 0.29) is 18.7 Å². The maximum absolute atomic E-state index is 10.9. The number of ether oxygens (including phenoxy) is 2. The summed E-state index contributed by atoms with van der Waals surface area (Å²) < 4.78 is 8.95. The highest BCUT2D eigenvalue weighted by molar-refractivity contribution is 5.86. The summed E-state index contributed by atoms with van der Waals surface area (Å²) in [5.74, 6) is -0.569. The van der Waals surface area contributed by atoms with Gasteiger partial charge in [0, 0.05) is 12.1 Å². The van der Waals surface area contributed by atoms with Gasteiger partial charge in [0.25, 0.3) is 0 Å². The number of methoxy groups -OCH3 is 1. The summed E-state index contributed by atoms with van der Waals surface area (Å²) in [4.78, 5) is 21.5. The first kappa shape index (κ1) is 14.4. The van der Waals surface area contributed by atoms with Gasteiger partial charge in [-0.05, 0) is 6.92 Å². The number of esters is 1. The number of aliphatic hydroxyl groups excluding tert-OH is 1. The Balaban J connectivity index is 3.59. The fraction of sp³-hybridized carbons (Fsp3) is 0.556. The maximum Gasteiger partial charge on any atom is 0.421 e. The Labute approximate surface area is 93.4 Å². The smallest absolute Gasteiger partial charge is 0.421 e. The second-order valence-electron chi connectivity index (χ2n) is 3.03. The molecule has 0 spiro atoms. The second kappa shape index (κ2) is 7.66. The molecule has 1 unspecified atom stereocenters. The van der Waals surface area contributed by atoms with Gasteiger partial charge >= 0.3 is 12.1 Å². The van der Waals surface area contributed by atoms with Crippen LogP contribution in [0.4, 0.5) is 4.79 Å². The van der Waals surface area contributed by atoms with E-state index in [9.17, 15) is 14.7 Å². The summed E-state index contributed by atoms with van der Waals surface area (Å²) in [6.45, 7) is 4.74. The Morgan fingerprint density at radius 2 is 2.12 bits per heavy atom. The predicted molar refractivity (Wildman–Crippen MR) is 55.3 cm³/mol. The van der Waals surface area contributed by atoms with Crippen LogP contribution in [-0.2, 0) is 14.3 Å². The molecule has 0 heterocycles. The molecule has 0 aromatic carbocycles. The molecule has 7 heteroatoms. The first-order valence-electron chi connectivity index (χ1n) is 4.55. The van der Waals surface area contributed by atoms with Crippen molar-refractivity contribution in [3.8, 4) is 0 Å². The van der Waals surface area contributed by atoms with Gasteiger partial charge in [0.15, 0.2) is 0 Å². The van der Waals surface area contributed by atoms with Crippen molar-refractivity contribution in [3.05, 3.63) is 12.2 Å². The number of hydrazine groups is 1. The van der Waals surface area contributed by atoms with Crippen LogP contribution in [0, 0.1) is 0 Å². The average molecular weight is 232 g/mol. The molecule has 0 saturated carbocycles. The Morgan fingerprint density at radius 3 is 2.62 bits per heavy atom. The third-order valence-electron chi connectivity index (χ3n) is 1.47. The predicted octanol–water partition coefficient (Wildman–Crippen LogP) is -0.673. The molecule has 3 N–H and O–H groups in total. The van der Waals surface area contributed by atoms with Crippen LogP contribution >= 0.6 is 0 Å². The van der Waals surface area contributed by atoms with Gasteiger partial charge in [-0.2, -0.15) is 0 Å². The SMILES string of the molecule is C=C(C)C(=O)OCC(O)CNNC(=O)OC. The molecule has 92 valence electrons. The van der Waals surface area contributed by atoms with Crippen molar-refractivity contribution in [1.29, 1.82) is 0 Å². The fourth-order valence-corrected chi connectivity index (χ4v) is 0.646. The van der Waals surface area contributed by atoms with Crippen LogP contribution < -0.4 is 10.9 Å². The molecule has 0 saturated heterocycles. The number of hydrogen-bond acceptors (Lipinski definition) is 6. The largest absolute Gasteiger partial charge is 0.460 e. The Bertz CT molecular complexity index is 267. The molecule has 0 aromatic heterocycles. The van der Waals surface area contributed by atoms with E-state index in [1.54, 1.807) is 0 Å². The molecule has 16 heavy (non-hydrogen) atoms. The van der Waals surface area contributed by atoms with Gasteiger partial charge in [0.2, 0.25) is 0 Å². The summed E-state index contributed by atoms with van der Waals surface area (Å²) in [7, 11) is 1.21. The standard InChI is InChI=1S/C9H16N2O5/c1-6(2)8(13)16-5-7(12)4-10-11-9(14)15-3/h7,10,12H,1,4-5H2,2-3H3,(H,11,14). The molecular formula is C9H16N2O5. The van der Waals surface area contributed by atoms with Gasteiger partial charge in [0.05, 0.1) is 7.11 Å². The van der Waals surface area contributed by atoms with Crippen molar-refractivity contribution in [2.75, 3.05) is 20.3 Å². The van der Waals surface area contributed by atoms with Gasteiger partial charge in [-0.1, -0.05) is 6.58 Å². The minimum atomic E-state index is -0.930. The van der Waals surface area contributed by atoms with Crippen LogP contribution in [-0.4, -0.2) is 43.5 Å². The molecule has 0 aliphatic heterocycles. The Morgan fingerprint density at radius 1 is 1.50 bits per heavy atom. The lowest BCUT2D eigenvalue weighted by Crippen LogP contribution is -2.43. The topological polar surface area (TPSA) is 96.9 Å². The van der Waals surface area contributed by atoms with E-state index in [4.69, 9.17) is 0 Å². The van der Waals surface area contributed by atoms with Crippen molar-refractivity contribution in [2.45, 2.75) is 13.0 Å². The zero-order valence-corrected chi connectivity index (χ0v) is 9.28. The van der Waals surface area contributed by atoms with Crippen LogP contribution in [0.3, 0.4) is 0 Å². The quantitative estimate of drug-likeness (QED) is 0.319. The van der Waals surface area contributed by atoms with Gasteiger partial charge in [-0.3, -0.25) is 5.43 Å². The highest BCUT2D eigenvalue weighted by Crippen LogP contribution is 1.93. The molecule has 0 aliphatic rings. The average Bonchev–Trinajstić information content (AvgIpc) is 2.25. The third kappa shape index (κ3) is 6.80. The summed E-state index contributed by atoms with van der Waals surface area (Å²) in [6.07, 6.45) is -1.61. The molecule has 0 aromatic rings. The highest BCUT2D eigenvalue weighted by Gasteiger charge is 2.09. The summed E-state index contributed by atoms with van der Waals surface area (Å²) >= 11 is 0.